The van der Waals surface area contributed by atoms with E-state index in [-0.39, 0.29) is 5.78 Å². The SMILES string of the molecule is CN=C(CCC(=O)c1ccc(OC)c(OC)c1)c1cccc(-c2csc3c(C)cccc23)n1. The number of hydrogen-bond donors (Lipinski definition) is 0. The molecule has 2 heterocycles. The summed E-state index contributed by atoms with van der Waals surface area (Å²) in [5.41, 5.74) is 5.49. The Hall–Kier alpha value is -3.51. The van der Waals surface area contributed by atoms with E-state index in [4.69, 9.17) is 14.5 Å². The first kappa shape index (κ1) is 22.7. The van der Waals surface area contributed by atoms with Gasteiger partial charge in [0.05, 0.1) is 31.3 Å². The number of carbonyl (C=O) groups excluding carboxylic acids is 1. The Morgan fingerprint density at radius 3 is 2.55 bits per heavy atom. The molecule has 0 unspecified atom stereocenters. The number of Topliss-reactive ketones (excluding diaryl/α,β-unsaturated/α-hetero) is 1. The molecular weight excluding hydrogens is 432 g/mol. The van der Waals surface area contributed by atoms with Crippen LogP contribution in [0.1, 0.15) is 34.5 Å². The number of carbonyl (C=O) groups is 1. The van der Waals surface area contributed by atoms with E-state index < -0.39 is 0 Å². The highest BCUT2D eigenvalue weighted by atomic mass is 32.1. The zero-order valence-electron chi connectivity index (χ0n) is 19.2. The van der Waals surface area contributed by atoms with Crippen LogP contribution in [0.25, 0.3) is 21.3 Å². The number of benzene rings is 2. The van der Waals surface area contributed by atoms with Crippen LogP contribution < -0.4 is 9.47 Å². The van der Waals surface area contributed by atoms with Crippen LogP contribution in [0.15, 0.2) is 65.0 Å². The van der Waals surface area contributed by atoms with Crippen molar-refractivity contribution < 1.29 is 14.3 Å². The van der Waals surface area contributed by atoms with Crippen molar-refractivity contribution in [2.24, 2.45) is 4.99 Å². The van der Waals surface area contributed by atoms with Gasteiger partial charge in [0.25, 0.3) is 0 Å². The number of ketones is 1. The van der Waals surface area contributed by atoms with Gasteiger partial charge in [0.1, 0.15) is 0 Å². The summed E-state index contributed by atoms with van der Waals surface area (Å²) in [6, 6.07) is 17.5. The summed E-state index contributed by atoms with van der Waals surface area (Å²) >= 11 is 1.74. The summed E-state index contributed by atoms with van der Waals surface area (Å²) in [4.78, 5) is 22.2. The third-order valence-corrected chi connectivity index (χ3v) is 6.81. The minimum Gasteiger partial charge on any atom is -0.493 e. The highest BCUT2D eigenvalue weighted by Gasteiger charge is 2.15. The Morgan fingerprint density at radius 1 is 1.00 bits per heavy atom. The maximum atomic E-state index is 12.8. The van der Waals surface area contributed by atoms with Gasteiger partial charge in [-0.3, -0.25) is 9.79 Å². The van der Waals surface area contributed by atoms with Crippen molar-refractivity contribution in [2.45, 2.75) is 19.8 Å². The fourth-order valence-corrected chi connectivity index (χ4v) is 4.93. The van der Waals surface area contributed by atoms with Gasteiger partial charge in [0.2, 0.25) is 0 Å². The summed E-state index contributed by atoms with van der Waals surface area (Å²) in [5.74, 6) is 1.16. The van der Waals surface area contributed by atoms with Gasteiger partial charge in [-0.1, -0.05) is 24.3 Å². The number of ether oxygens (including phenoxy) is 2. The zero-order valence-corrected chi connectivity index (χ0v) is 20.0. The summed E-state index contributed by atoms with van der Waals surface area (Å²) in [5, 5.41) is 3.37. The Kier molecular flexibility index (Phi) is 6.84. The number of fused-ring (bicyclic) bond motifs is 1. The first-order valence-electron chi connectivity index (χ1n) is 10.7. The van der Waals surface area contributed by atoms with Gasteiger partial charge in [-0.2, -0.15) is 0 Å². The summed E-state index contributed by atoms with van der Waals surface area (Å²) < 4.78 is 11.9. The second-order valence-corrected chi connectivity index (χ2v) is 8.55. The molecule has 0 aliphatic carbocycles. The normalized spacial score (nSPS) is 11.6. The number of methoxy groups -OCH3 is 2. The monoisotopic (exact) mass is 458 g/mol. The van der Waals surface area contributed by atoms with Gasteiger partial charge < -0.3 is 9.47 Å². The smallest absolute Gasteiger partial charge is 0.163 e. The summed E-state index contributed by atoms with van der Waals surface area (Å²) in [6.45, 7) is 2.13. The number of hydrogen-bond acceptors (Lipinski definition) is 6. The van der Waals surface area contributed by atoms with Gasteiger partial charge in [-0.05, 0) is 49.2 Å². The molecule has 2 aromatic heterocycles. The quantitative estimate of drug-likeness (QED) is 0.227. The summed E-state index contributed by atoms with van der Waals surface area (Å²) in [6.07, 6.45) is 0.832. The number of thiophene rings is 1. The van der Waals surface area contributed by atoms with E-state index in [1.807, 2.05) is 18.2 Å². The average Bonchev–Trinajstić information content (AvgIpc) is 3.29. The Morgan fingerprint density at radius 2 is 1.79 bits per heavy atom. The van der Waals surface area contributed by atoms with E-state index in [0.29, 0.717) is 29.9 Å². The molecule has 0 saturated carbocycles. The van der Waals surface area contributed by atoms with Crippen molar-refractivity contribution in [3.63, 3.8) is 0 Å². The van der Waals surface area contributed by atoms with Gasteiger partial charge in [0.15, 0.2) is 17.3 Å². The average molecular weight is 459 g/mol. The molecule has 4 aromatic rings. The molecule has 0 N–H and O–H groups in total. The highest BCUT2D eigenvalue weighted by Crippen LogP contribution is 2.35. The molecular formula is C27H26N2O3S. The fourth-order valence-electron chi connectivity index (χ4n) is 3.89. The molecule has 0 aliphatic heterocycles. The van der Waals surface area contributed by atoms with Crippen LogP contribution in [0.3, 0.4) is 0 Å². The van der Waals surface area contributed by atoms with Crippen molar-refractivity contribution in [3.05, 3.63) is 76.8 Å². The molecule has 0 atom stereocenters. The molecule has 6 heteroatoms. The molecule has 0 bridgehead atoms. The van der Waals surface area contributed by atoms with E-state index in [1.165, 1.54) is 15.6 Å². The molecule has 2 aromatic carbocycles. The first-order chi connectivity index (χ1) is 16.0. The van der Waals surface area contributed by atoms with E-state index in [2.05, 4.69) is 35.5 Å². The van der Waals surface area contributed by atoms with Gasteiger partial charge in [-0.25, -0.2) is 4.98 Å². The van der Waals surface area contributed by atoms with E-state index in [0.717, 1.165) is 22.7 Å². The highest BCUT2D eigenvalue weighted by molar-refractivity contribution is 7.18. The molecule has 4 rings (SSSR count). The molecule has 0 radical (unpaired) electrons. The Labute approximate surface area is 197 Å². The molecule has 0 aliphatic rings. The second-order valence-electron chi connectivity index (χ2n) is 7.67. The Balaban J connectivity index is 1.54. The van der Waals surface area contributed by atoms with Gasteiger partial charge >= 0.3 is 0 Å². The Bertz CT molecular complexity index is 1340. The van der Waals surface area contributed by atoms with Crippen LogP contribution in [0.5, 0.6) is 11.5 Å². The van der Waals surface area contributed by atoms with Crippen LogP contribution in [0.4, 0.5) is 0 Å². The predicted octanol–water partition coefficient (Wildman–Crippen LogP) is 6.37. The minimum absolute atomic E-state index is 0.0209. The number of nitrogens with zero attached hydrogens (tertiary/aromatic N) is 2. The third kappa shape index (κ3) is 4.66. The standard InChI is InChI=1S/C27H26N2O3S/c1-17-7-5-8-19-20(16-33-27(17)19)21-9-6-10-23(29-21)22(28-2)12-13-24(30)18-11-14-25(31-3)26(15-18)32-4/h5-11,14-16H,12-13H2,1-4H3. The van der Waals surface area contributed by atoms with Crippen molar-refractivity contribution in [3.8, 4) is 22.8 Å². The van der Waals surface area contributed by atoms with Crippen LogP contribution in [-0.2, 0) is 0 Å². The number of aromatic nitrogens is 1. The van der Waals surface area contributed by atoms with Crippen LogP contribution in [-0.4, -0.2) is 37.7 Å². The third-order valence-electron chi connectivity index (χ3n) is 5.68. The maximum absolute atomic E-state index is 12.8. The number of rotatable bonds is 8. The topological polar surface area (TPSA) is 60.8 Å². The zero-order chi connectivity index (χ0) is 23.4. The minimum atomic E-state index is 0.0209. The molecule has 0 amide bonds. The molecule has 33 heavy (non-hydrogen) atoms. The van der Waals surface area contributed by atoms with Crippen LogP contribution in [0, 0.1) is 6.92 Å². The maximum Gasteiger partial charge on any atom is 0.163 e. The first-order valence-corrected chi connectivity index (χ1v) is 11.6. The van der Waals surface area contributed by atoms with Crippen molar-refractivity contribution in [1.29, 1.82) is 0 Å². The van der Waals surface area contributed by atoms with Crippen LogP contribution in [0.2, 0.25) is 0 Å². The lowest BCUT2D eigenvalue weighted by Gasteiger charge is -2.10. The summed E-state index contributed by atoms with van der Waals surface area (Å²) in [7, 11) is 4.88. The molecule has 0 fully saturated rings. The largest absolute Gasteiger partial charge is 0.493 e. The molecule has 5 nitrogen and oxygen atoms in total. The number of aryl methyl sites for hydroxylation is 1. The van der Waals surface area contributed by atoms with E-state index in [9.17, 15) is 4.79 Å². The lowest BCUT2D eigenvalue weighted by Crippen LogP contribution is -2.09. The lowest BCUT2D eigenvalue weighted by molar-refractivity contribution is 0.0984. The number of aliphatic imine (C=N–C) groups is 1. The number of pyridine rings is 1. The van der Waals surface area contributed by atoms with Crippen molar-refractivity contribution in [2.75, 3.05) is 21.3 Å². The lowest BCUT2D eigenvalue weighted by atomic mass is 10.0. The van der Waals surface area contributed by atoms with Crippen molar-refractivity contribution >= 4 is 32.9 Å². The predicted molar refractivity (Wildman–Crippen MR) is 135 cm³/mol. The van der Waals surface area contributed by atoms with E-state index >= 15 is 0 Å². The van der Waals surface area contributed by atoms with E-state index in [1.54, 1.807) is 50.8 Å². The van der Waals surface area contributed by atoms with Gasteiger partial charge in [0, 0.05) is 40.1 Å². The molecule has 0 spiro atoms. The second kappa shape index (κ2) is 9.96. The van der Waals surface area contributed by atoms with Gasteiger partial charge in [-0.15, -0.1) is 11.3 Å². The fraction of sp³-hybridized carbons (Fsp3) is 0.222. The molecule has 168 valence electrons. The molecule has 0 saturated heterocycles. The van der Waals surface area contributed by atoms with Crippen molar-refractivity contribution in [1.82, 2.24) is 4.98 Å². The van der Waals surface area contributed by atoms with Crippen LogP contribution >= 0.6 is 11.3 Å².